The van der Waals surface area contributed by atoms with Crippen molar-refractivity contribution in [3.63, 3.8) is 0 Å². The van der Waals surface area contributed by atoms with Gasteiger partial charge in [0.25, 0.3) is 0 Å². The fraction of sp³-hybridized carbons (Fsp3) is 0.389. The highest BCUT2D eigenvalue weighted by Gasteiger charge is 2.24. The highest BCUT2D eigenvalue weighted by atomic mass is 32.2. The van der Waals surface area contributed by atoms with Crippen LogP contribution in [0.1, 0.15) is 28.5 Å². The molecule has 1 atom stereocenters. The van der Waals surface area contributed by atoms with Gasteiger partial charge in [-0.25, -0.2) is 13.1 Å². The van der Waals surface area contributed by atoms with Gasteiger partial charge in [0.1, 0.15) is 6.10 Å². The Hall–Kier alpha value is -1.74. The molecule has 2 N–H and O–H groups in total. The van der Waals surface area contributed by atoms with Gasteiger partial charge in [-0.2, -0.15) is 0 Å². The first-order chi connectivity index (χ1) is 12.5. The van der Waals surface area contributed by atoms with E-state index in [2.05, 4.69) is 16.1 Å². The van der Waals surface area contributed by atoms with Crippen LogP contribution in [0.4, 0.5) is 0 Å². The summed E-state index contributed by atoms with van der Waals surface area (Å²) in [6, 6.07) is 8.70. The molecule has 1 aliphatic rings. The van der Waals surface area contributed by atoms with Crippen LogP contribution in [0.25, 0.3) is 0 Å². The van der Waals surface area contributed by atoms with Gasteiger partial charge in [0.05, 0.1) is 17.9 Å². The highest BCUT2D eigenvalue weighted by molar-refractivity contribution is 7.89. The van der Waals surface area contributed by atoms with Crippen LogP contribution in [0, 0.1) is 6.92 Å². The van der Waals surface area contributed by atoms with Gasteiger partial charge in [0, 0.05) is 18.0 Å². The topological polar surface area (TPSA) is 84.5 Å². The van der Waals surface area contributed by atoms with Crippen molar-refractivity contribution < 1.29 is 17.9 Å². The largest absolute Gasteiger partial charge is 0.372 e. The van der Waals surface area contributed by atoms with Crippen molar-refractivity contribution in [2.24, 2.45) is 0 Å². The summed E-state index contributed by atoms with van der Waals surface area (Å²) in [5, 5.41) is 4.76. The molecule has 26 heavy (non-hydrogen) atoms. The normalized spacial score (nSPS) is 16.9. The number of hydrogen-bond acceptors (Lipinski definition) is 5. The standard InChI is InChI=1S/C18H22N2O4S2/c1-13-2-4-15(5-3-13)26(22,23)20-9-8-19-17(21)12-16-18-14(6-10-24-16)7-11-25-18/h2-5,7,11,16,20H,6,8-10,12H2,1H3,(H,19,21). The molecule has 3 rings (SSSR count). The number of amides is 1. The number of rotatable bonds is 7. The third kappa shape index (κ3) is 4.70. The zero-order valence-electron chi connectivity index (χ0n) is 14.5. The third-order valence-electron chi connectivity index (χ3n) is 4.20. The summed E-state index contributed by atoms with van der Waals surface area (Å²) in [5.41, 5.74) is 2.25. The maximum Gasteiger partial charge on any atom is 0.240 e. The molecule has 0 saturated heterocycles. The minimum atomic E-state index is -3.56. The number of ether oxygens (including phenoxy) is 1. The van der Waals surface area contributed by atoms with Crippen molar-refractivity contribution in [3.8, 4) is 0 Å². The lowest BCUT2D eigenvalue weighted by Crippen LogP contribution is -2.35. The second kappa shape index (κ2) is 8.30. The van der Waals surface area contributed by atoms with E-state index in [1.165, 1.54) is 5.56 Å². The van der Waals surface area contributed by atoms with Crippen LogP contribution in [-0.4, -0.2) is 34.0 Å². The number of fused-ring (bicyclic) bond motifs is 1. The molecular weight excluding hydrogens is 372 g/mol. The van der Waals surface area contributed by atoms with Crippen LogP contribution in [0.5, 0.6) is 0 Å². The molecule has 0 saturated carbocycles. The average molecular weight is 395 g/mol. The minimum absolute atomic E-state index is 0.137. The molecule has 1 aliphatic heterocycles. The highest BCUT2D eigenvalue weighted by Crippen LogP contribution is 2.33. The maximum atomic E-state index is 12.2. The van der Waals surface area contributed by atoms with Gasteiger partial charge >= 0.3 is 0 Å². The van der Waals surface area contributed by atoms with E-state index in [-0.39, 0.29) is 36.4 Å². The smallest absolute Gasteiger partial charge is 0.240 e. The van der Waals surface area contributed by atoms with Gasteiger partial charge in [-0.05, 0) is 42.5 Å². The molecule has 2 heterocycles. The van der Waals surface area contributed by atoms with Gasteiger partial charge in [-0.15, -0.1) is 11.3 Å². The monoisotopic (exact) mass is 394 g/mol. The lowest BCUT2D eigenvalue weighted by atomic mass is 10.1. The summed E-state index contributed by atoms with van der Waals surface area (Å²) in [7, 11) is -3.56. The molecule has 2 aromatic rings. The Kier molecular flexibility index (Phi) is 6.08. The quantitative estimate of drug-likeness (QED) is 0.705. The van der Waals surface area contributed by atoms with Crippen molar-refractivity contribution in [1.29, 1.82) is 0 Å². The number of carbonyl (C=O) groups is 1. The van der Waals surface area contributed by atoms with Crippen LogP contribution in [0.15, 0.2) is 40.6 Å². The fourth-order valence-electron chi connectivity index (χ4n) is 2.80. The van der Waals surface area contributed by atoms with E-state index in [4.69, 9.17) is 4.74 Å². The van der Waals surface area contributed by atoms with Gasteiger partial charge in [0.2, 0.25) is 15.9 Å². The van der Waals surface area contributed by atoms with E-state index in [0.29, 0.717) is 6.61 Å². The number of hydrogen-bond donors (Lipinski definition) is 2. The fourth-order valence-corrected chi connectivity index (χ4v) is 4.84. The summed E-state index contributed by atoms with van der Waals surface area (Å²) in [6.07, 6.45) is 0.929. The van der Waals surface area contributed by atoms with Crippen molar-refractivity contribution in [2.75, 3.05) is 19.7 Å². The lowest BCUT2D eigenvalue weighted by Gasteiger charge is -2.22. The third-order valence-corrected chi connectivity index (χ3v) is 6.73. The summed E-state index contributed by atoms with van der Waals surface area (Å²) in [6.45, 7) is 2.89. The number of thiophene rings is 1. The predicted octanol–water partition coefficient (Wildman–Crippen LogP) is 2.16. The molecular formula is C18H22N2O4S2. The van der Waals surface area contributed by atoms with E-state index >= 15 is 0 Å². The first-order valence-corrected chi connectivity index (χ1v) is 10.8. The predicted molar refractivity (Wildman–Crippen MR) is 101 cm³/mol. The molecule has 1 aromatic heterocycles. The van der Waals surface area contributed by atoms with Gasteiger partial charge in [-0.1, -0.05) is 17.7 Å². The Balaban J connectivity index is 1.44. The summed E-state index contributed by atoms with van der Waals surface area (Å²) in [4.78, 5) is 13.4. The molecule has 6 nitrogen and oxygen atoms in total. The van der Waals surface area contributed by atoms with E-state index in [9.17, 15) is 13.2 Å². The number of carbonyl (C=O) groups excluding carboxylic acids is 1. The molecule has 0 spiro atoms. The Labute approximate surface area is 157 Å². The molecule has 0 fully saturated rings. The van der Waals surface area contributed by atoms with E-state index in [0.717, 1.165) is 16.9 Å². The van der Waals surface area contributed by atoms with Crippen LogP contribution in [0.3, 0.4) is 0 Å². The molecule has 140 valence electrons. The first kappa shape index (κ1) is 19.0. The zero-order chi connectivity index (χ0) is 18.6. The van der Waals surface area contributed by atoms with E-state index in [1.807, 2.05) is 12.3 Å². The van der Waals surface area contributed by atoms with Crippen molar-refractivity contribution in [3.05, 3.63) is 51.7 Å². The molecule has 1 unspecified atom stereocenters. The van der Waals surface area contributed by atoms with Gasteiger partial charge in [-0.3, -0.25) is 4.79 Å². The van der Waals surface area contributed by atoms with Crippen LogP contribution in [0.2, 0.25) is 0 Å². The zero-order valence-corrected chi connectivity index (χ0v) is 16.2. The minimum Gasteiger partial charge on any atom is -0.372 e. The Bertz CT molecular complexity index is 860. The summed E-state index contributed by atoms with van der Waals surface area (Å²) >= 11 is 1.61. The molecule has 0 radical (unpaired) electrons. The summed E-state index contributed by atoms with van der Waals surface area (Å²) < 4.78 is 32.5. The van der Waals surface area contributed by atoms with Crippen LogP contribution < -0.4 is 10.0 Å². The maximum absolute atomic E-state index is 12.2. The van der Waals surface area contributed by atoms with Crippen molar-refractivity contribution in [2.45, 2.75) is 30.8 Å². The van der Waals surface area contributed by atoms with Gasteiger partial charge < -0.3 is 10.1 Å². The molecule has 0 bridgehead atoms. The second-order valence-corrected chi connectivity index (χ2v) is 8.90. The number of nitrogens with one attached hydrogen (secondary N) is 2. The molecule has 1 amide bonds. The average Bonchev–Trinajstić information content (AvgIpc) is 3.09. The van der Waals surface area contributed by atoms with Crippen LogP contribution >= 0.6 is 11.3 Å². The van der Waals surface area contributed by atoms with E-state index < -0.39 is 10.0 Å². The molecule has 0 aliphatic carbocycles. The SMILES string of the molecule is Cc1ccc(S(=O)(=O)NCCNC(=O)CC2OCCc3ccsc32)cc1. The first-order valence-electron chi connectivity index (χ1n) is 8.46. The van der Waals surface area contributed by atoms with Gasteiger partial charge in [0.15, 0.2) is 0 Å². The molecule has 8 heteroatoms. The lowest BCUT2D eigenvalue weighted by molar-refractivity contribution is -0.124. The second-order valence-electron chi connectivity index (χ2n) is 6.18. The molecule has 1 aromatic carbocycles. The number of benzene rings is 1. The van der Waals surface area contributed by atoms with Crippen LogP contribution in [-0.2, 0) is 26.0 Å². The Morgan fingerprint density at radius 3 is 2.77 bits per heavy atom. The van der Waals surface area contributed by atoms with Crippen molar-refractivity contribution >= 4 is 27.3 Å². The van der Waals surface area contributed by atoms with Crippen molar-refractivity contribution in [1.82, 2.24) is 10.0 Å². The number of aryl methyl sites for hydroxylation is 1. The number of sulfonamides is 1. The Morgan fingerprint density at radius 1 is 1.23 bits per heavy atom. The Morgan fingerprint density at radius 2 is 2.00 bits per heavy atom. The van der Waals surface area contributed by atoms with E-state index in [1.54, 1.807) is 35.6 Å². The summed E-state index contributed by atoms with van der Waals surface area (Å²) in [5.74, 6) is -0.147.